The van der Waals surface area contributed by atoms with Gasteiger partial charge in [-0.05, 0) is 56.0 Å². The van der Waals surface area contributed by atoms with Gasteiger partial charge in [-0.3, -0.25) is 4.79 Å². The summed E-state index contributed by atoms with van der Waals surface area (Å²) in [4.78, 5) is 17.0. The smallest absolute Gasteiger partial charge is 0.287 e. The third-order valence-electron chi connectivity index (χ3n) is 4.91. The van der Waals surface area contributed by atoms with Crippen LogP contribution < -0.4 is 5.32 Å². The number of carbonyl (C=O) groups excluding carboxylic acids is 1. The Morgan fingerprint density at radius 3 is 2.70 bits per heavy atom. The molecule has 4 aromatic rings. The van der Waals surface area contributed by atoms with E-state index in [1.165, 1.54) is 17.3 Å². The maximum absolute atomic E-state index is 12.5. The highest BCUT2D eigenvalue weighted by atomic mass is 32.2. The van der Waals surface area contributed by atoms with Crippen LogP contribution in [-0.4, -0.2) is 16.9 Å². The number of nitrogens with zero attached hydrogens (tertiary/aromatic N) is 1. The first-order valence-electron chi connectivity index (χ1n) is 10.0. The number of para-hydroxylation sites is 1. The quantitative estimate of drug-likeness (QED) is 0.366. The molecule has 0 saturated heterocycles. The lowest BCUT2D eigenvalue weighted by molar-refractivity contribution is 0.0909. The maximum atomic E-state index is 12.5. The minimum atomic E-state index is -0.190. The molecule has 30 heavy (non-hydrogen) atoms. The summed E-state index contributed by atoms with van der Waals surface area (Å²) < 4.78 is 11.5. The molecule has 2 aromatic heterocycles. The molecule has 0 unspecified atom stereocenters. The van der Waals surface area contributed by atoms with Crippen molar-refractivity contribution in [3.8, 4) is 0 Å². The first kappa shape index (κ1) is 20.3. The van der Waals surface area contributed by atoms with E-state index in [4.69, 9.17) is 8.83 Å². The molecule has 2 aromatic carbocycles. The van der Waals surface area contributed by atoms with Crippen molar-refractivity contribution in [2.45, 2.75) is 43.7 Å². The number of amides is 1. The molecule has 0 fully saturated rings. The number of rotatable bonds is 8. The van der Waals surface area contributed by atoms with E-state index < -0.39 is 0 Å². The Kier molecular flexibility index (Phi) is 6.23. The van der Waals surface area contributed by atoms with Gasteiger partial charge in [0, 0.05) is 6.04 Å². The van der Waals surface area contributed by atoms with Crippen LogP contribution in [0.2, 0.25) is 0 Å². The Balaban J connectivity index is 1.29. The predicted octanol–water partition coefficient (Wildman–Crippen LogP) is 5.77. The summed E-state index contributed by atoms with van der Waals surface area (Å²) in [6.45, 7) is 4.02. The molecule has 6 heteroatoms. The van der Waals surface area contributed by atoms with Crippen molar-refractivity contribution < 1.29 is 13.6 Å². The lowest BCUT2D eigenvalue weighted by atomic mass is 10.1. The van der Waals surface area contributed by atoms with Crippen molar-refractivity contribution in [1.82, 2.24) is 10.3 Å². The van der Waals surface area contributed by atoms with Crippen LogP contribution in [-0.2, 0) is 12.2 Å². The summed E-state index contributed by atoms with van der Waals surface area (Å²) in [5.74, 6) is 1.39. The second kappa shape index (κ2) is 9.22. The van der Waals surface area contributed by atoms with Gasteiger partial charge in [0.1, 0.15) is 11.3 Å². The molecule has 4 rings (SSSR count). The van der Waals surface area contributed by atoms with Crippen LogP contribution in [0.25, 0.3) is 11.1 Å². The van der Waals surface area contributed by atoms with E-state index in [-0.39, 0.29) is 11.9 Å². The lowest BCUT2D eigenvalue weighted by Crippen LogP contribution is -2.32. The minimum absolute atomic E-state index is 0.0589. The first-order valence-corrected chi connectivity index (χ1v) is 11.0. The molecular formula is C24H24N2O3S. The van der Waals surface area contributed by atoms with Crippen molar-refractivity contribution in [2.24, 2.45) is 0 Å². The lowest BCUT2D eigenvalue weighted by Gasteiger charge is -2.12. The van der Waals surface area contributed by atoms with Gasteiger partial charge >= 0.3 is 0 Å². The fraction of sp³-hybridized carbons (Fsp3) is 0.250. The van der Waals surface area contributed by atoms with E-state index in [0.29, 0.717) is 22.5 Å². The topological polar surface area (TPSA) is 68.3 Å². The number of benzene rings is 2. The molecule has 0 aliphatic carbocycles. The number of hydrogen-bond donors (Lipinski definition) is 1. The van der Waals surface area contributed by atoms with E-state index in [1.54, 1.807) is 6.07 Å². The normalized spacial score (nSPS) is 12.2. The molecule has 1 amide bonds. The Morgan fingerprint density at radius 2 is 1.90 bits per heavy atom. The van der Waals surface area contributed by atoms with Crippen LogP contribution in [0.15, 0.2) is 74.7 Å². The van der Waals surface area contributed by atoms with Crippen LogP contribution >= 0.6 is 11.8 Å². The number of carbonyl (C=O) groups is 1. The van der Waals surface area contributed by atoms with Gasteiger partial charge in [-0.1, -0.05) is 54.2 Å². The molecule has 0 spiro atoms. The van der Waals surface area contributed by atoms with Crippen molar-refractivity contribution >= 4 is 28.8 Å². The molecule has 0 aliphatic heterocycles. The van der Waals surface area contributed by atoms with Crippen LogP contribution in [0.3, 0.4) is 0 Å². The van der Waals surface area contributed by atoms with Gasteiger partial charge in [0.15, 0.2) is 11.3 Å². The second-order valence-electron chi connectivity index (χ2n) is 7.35. The van der Waals surface area contributed by atoms with Gasteiger partial charge in [0.2, 0.25) is 0 Å². The van der Waals surface area contributed by atoms with E-state index in [0.717, 1.165) is 29.5 Å². The molecule has 1 N–H and O–H groups in total. The number of fused-ring (bicyclic) bond motifs is 1. The fourth-order valence-corrected chi connectivity index (χ4v) is 3.96. The van der Waals surface area contributed by atoms with E-state index >= 15 is 0 Å². The third kappa shape index (κ3) is 4.94. The highest BCUT2D eigenvalue weighted by molar-refractivity contribution is 7.98. The number of aromatic nitrogens is 1. The molecule has 5 nitrogen and oxygen atoms in total. The third-order valence-corrected chi connectivity index (χ3v) is 5.76. The number of nitrogens with one attached hydrogen (secondary N) is 1. The predicted molar refractivity (Wildman–Crippen MR) is 119 cm³/mol. The zero-order chi connectivity index (χ0) is 20.9. The Hall–Kier alpha value is -2.99. The Bertz CT molecular complexity index is 1130. The number of aryl methyl sites for hydroxylation is 2. The molecule has 0 saturated carbocycles. The van der Waals surface area contributed by atoms with Gasteiger partial charge in [-0.25, -0.2) is 4.98 Å². The summed E-state index contributed by atoms with van der Waals surface area (Å²) in [5, 5.41) is 3.60. The zero-order valence-electron chi connectivity index (χ0n) is 17.1. The van der Waals surface area contributed by atoms with Gasteiger partial charge < -0.3 is 14.2 Å². The van der Waals surface area contributed by atoms with Gasteiger partial charge in [-0.15, -0.1) is 0 Å². The number of thioether (sulfide) groups is 1. The minimum Gasteiger partial charge on any atom is -0.455 e. The molecule has 0 aliphatic rings. The SMILES string of the molecule is Cc1cccc2oc(SCc3ccc(C(=O)N[C@@H](C)CCc4ccccc4)o3)nc12. The monoisotopic (exact) mass is 420 g/mol. The van der Waals surface area contributed by atoms with E-state index in [1.807, 2.05) is 56.3 Å². The summed E-state index contributed by atoms with van der Waals surface area (Å²) in [7, 11) is 0. The molecule has 1 atom stereocenters. The highest BCUT2D eigenvalue weighted by Crippen LogP contribution is 2.28. The van der Waals surface area contributed by atoms with Crippen LogP contribution in [0.4, 0.5) is 0 Å². The summed E-state index contributed by atoms with van der Waals surface area (Å²) in [6, 6.07) is 19.7. The average molecular weight is 421 g/mol. The second-order valence-corrected chi connectivity index (χ2v) is 8.28. The first-order chi connectivity index (χ1) is 14.6. The van der Waals surface area contributed by atoms with Crippen LogP contribution in [0.5, 0.6) is 0 Å². The molecule has 154 valence electrons. The molecule has 0 radical (unpaired) electrons. The van der Waals surface area contributed by atoms with E-state index in [9.17, 15) is 4.79 Å². The highest BCUT2D eigenvalue weighted by Gasteiger charge is 2.15. The zero-order valence-corrected chi connectivity index (χ0v) is 17.9. The summed E-state index contributed by atoms with van der Waals surface area (Å²) >= 11 is 1.45. The molecular weight excluding hydrogens is 396 g/mol. The van der Waals surface area contributed by atoms with Crippen molar-refractivity contribution in [3.05, 3.63) is 83.3 Å². The van der Waals surface area contributed by atoms with Gasteiger partial charge in [-0.2, -0.15) is 0 Å². The number of oxazole rings is 1. The molecule has 0 bridgehead atoms. The Labute approximate surface area is 179 Å². The average Bonchev–Trinajstić information content (AvgIpc) is 3.39. The maximum Gasteiger partial charge on any atom is 0.287 e. The largest absolute Gasteiger partial charge is 0.455 e. The Morgan fingerprint density at radius 1 is 1.07 bits per heavy atom. The van der Waals surface area contributed by atoms with Crippen molar-refractivity contribution in [3.63, 3.8) is 0 Å². The van der Waals surface area contributed by atoms with Crippen LogP contribution in [0, 0.1) is 6.92 Å². The fourth-order valence-electron chi connectivity index (χ4n) is 3.23. The van der Waals surface area contributed by atoms with Gasteiger partial charge in [0.05, 0.1) is 5.75 Å². The number of furan rings is 1. The summed E-state index contributed by atoms with van der Waals surface area (Å²) in [6.07, 6.45) is 1.79. The molecule has 2 heterocycles. The van der Waals surface area contributed by atoms with E-state index in [2.05, 4.69) is 22.4 Å². The van der Waals surface area contributed by atoms with Crippen molar-refractivity contribution in [1.29, 1.82) is 0 Å². The van der Waals surface area contributed by atoms with Gasteiger partial charge in [0.25, 0.3) is 11.1 Å². The van der Waals surface area contributed by atoms with Crippen molar-refractivity contribution in [2.75, 3.05) is 0 Å². The number of hydrogen-bond acceptors (Lipinski definition) is 5. The van der Waals surface area contributed by atoms with Crippen LogP contribution in [0.1, 0.15) is 40.8 Å². The summed E-state index contributed by atoms with van der Waals surface area (Å²) in [5.41, 5.74) is 4.01. The standard InChI is InChI=1S/C24H24N2O3S/c1-16-7-6-10-20-22(16)26-24(29-20)30-15-19-13-14-21(28-19)23(27)25-17(2)11-12-18-8-4-3-5-9-18/h3-10,13-14,17H,11-12,15H2,1-2H3,(H,25,27)/t17-/m0/s1.